The predicted molar refractivity (Wildman–Crippen MR) is 112 cm³/mol. The van der Waals surface area contributed by atoms with Gasteiger partial charge in [-0.25, -0.2) is 0 Å². The van der Waals surface area contributed by atoms with Crippen molar-refractivity contribution in [3.63, 3.8) is 0 Å². The van der Waals surface area contributed by atoms with Gasteiger partial charge in [-0.05, 0) is 77.9 Å². The molecule has 3 rings (SSSR count). The maximum absolute atomic E-state index is 6.53. The Morgan fingerprint density at radius 1 is 0.962 bits per heavy atom. The standard InChI is InChI=1S/C25H44O/c1-23(2,3)16-22(24(4,5)6)26-13-12-25(7,8)21-15-17-14-20(21)19-11-9-10-18(17)19/h9,11,17-22H,10,12-16H2,1-8H3. The number of hydrogen-bond donors (Lipinski definition) is 0. The van der Waals surface area contributed by atoms with E-state index in [2.05, 4.69) is 67.5 Å². The third-order valence-corrected chi connectivity index (χ3v) is 7.84. The van der Waals surface area contributed by atoms with Gasteiger partial charge in [0.05, 0.1) is 6.10 Å². The van der Waals surface area contributed by atoms with Crippen LogP contribution in [0.25, 0.3) is 0 Å². The summed E-state index contributed by atoms with van der Waals surface area (Å²) in [5.74, 6) is 4.76. The summed E-state index contributed by atoms with van der Waals surface area (Å²) in [6, 6.07) is 0. The quantitative estimate of drug-likeness (QED) is 0.458. The zero-order valence-electron chi connectivity index (χ0n) is 18.8. The summed E-state index contributed by atoms with van der Waals surface area (Å²) < 4.78 is 6.53. The monoisotopic (exact) mass is 360 g/mol. The van der Waals surface area contributed by atoms with Crippen LogP contribution in [-0.4, -0.2) is 12.7 Å². The van der Waals surface area contributed by atoms with E-state index in [4.69, 9.17) is 4.74 Å². The SMILES string of the molecule is CC(C)(C)CC(OCCC(C)(C)C1CC2CC1C1C=CCC21)C(C)(C)C. The molecule has 2 saturated carbocycles. The van der Waals surface area contributed by atoms with Crippen molar-refractivity contribution in [1.82, 2.24) is 0 Å². The lowest BCUT2D eigenvalue weighted by molar-refractivity contribution is -0.0559. The summed E-state index contributed by atoms with van der Waals surface area (Å²) in [5.41, 5.74) is 0.943. The molecule has 0 aromatic heterocycles. The van der Waals surface area contributed by atoms with E-state index in [1.807, 2.05) is 0 Å². The fraction of sp³-hybridized carbons (Fsp3) is 0.920. The van der Waals surface area contributed by atoms with Crippen LogP contribution in [0.2, 0.25) is 0 Å². The Hall–Kier alpha value is -0.300. The lowest BCUT2D eigenvalue weighted by Crippen LogP contribution is -2.37. The third-order valence-electron chi connectivity index (χ3n) is 7.84. The fourth-order valence-corrected chi connectivity index (χ4v) is 6.27. The Balaban J connectivity index is 1.56. The van der Waals surface area contributed by atoms with Gasteiger partial charge >= 0.3 is 0 Å². The first-order valence-corrected chi connectivity index (χ1v) is 11.2. The van der Waals surface area contributed by atoms with Gasteiger partial charge in [-0.2, -0.15) is 0 Å². The van der Waals surface area contributed by atoms with Crippen LogP contribution in [0, 0.1) is 45.8 Å². The summed E-state index contributed by atoms with van der Waals surface area (Å²) in [7, 11) is 0. The Kier molecular flexibility index (Phi) is 5.46. The van der Waals surface area contributed by atoms with E-state index < -0.39 is 0 Å². The second kappa shape index (κ2) is 6.94. The molecule has 1 nitrogen and oxygen atoms in total. The summed E-state index contributed by atoms with van der Waals surface area (Å²) in [6.45, 7) is 19.9. The molecule has 6 atom stereocenters. The second-order valence-corrected chi connectivity index (χ2v) is 12.6. The highest BCUT2D eigenvalue weighted by Gasteiger charge is 2.55. The molecule has 0 aromatic rings. The first-order valence-electron chi connectivity index (χ1n) is 11.2. The van der Waals surface area contributed by atoms with E-state index in [0.29, 0.717) is 16.9 Å². The van der Waals surface area contributed by atoms with Gasteiger partial charge < -0.3 is 4.74 Å². The Labute approximate surface area is 163 Å². The highest BCUT2D eigenvalue weighted by molar-refractivity contribution is 5.15. The number of hydrogen-bond acceptors (Lipinski definition) is 1. The zero-order valence-corrected chi connectivity index (χ0v) is 18.8. The molecule has 0 radical (unpaired) electrons. The maximum atomic E-state index is 6.53. The van der Waals surface area contributed by atoms with Crippen molar-refractivity contribution >= 4 is 0 Å². The first kappa shape index (κ1) is 20.4. The van der Waals surface area contributed by atoms with Gasteiger partial charge in [-0.3, -0.25) is 0 Å². The lowest BCUT2D eigenvalue weighted by Gasteiger charge is -2.42. The molecule has 0 aliphatic heterocycles. The highest BCUT2D eigenvalue weighted by atomic mass is 16.5. The third kappa shape index (κ3) is 4.23. The molecular formula is C25H44O. The molecule has 0 heterocycles. The molecule has 150 valence electrons. The summed E-state index contributed by atoms with van der Waals surface area (Å²) >= 11 is 0. The minimum atomic E-state index is 0.214. The van der Waals surface area contributed by atoms with E-state index in [0.717, 1.165) is 42.6 Å². The van der Waals surface area contributed by atoms with E-state index in [9.17, 15) is 0 Å². The van der Waals surface area contributed by atoms with Crippen molar-refractivity contribution in [1.29, 1.82) is 0 Å². The van der Waals surface area contributed by atoms with Crippen molar-refractivity contribution in [2.45, 2.75) is 93.6 Å². The van der Waals surface area contributed by atoms with Gasteiger partial charge in [0, 0.05) is 6.61 Å². The summed E-state index contributed by atoms with van der Waals surface area (Å²) in [6.07, 6.45) is 12.1. The van der Waals surface area contributed by atoms with Gasteiger partial charge in [0.15, 0.2) is 0 Å². The normalized spacial score (nSPS) is 35.2. The van der Waals surface area contributed by atoms with Gasteiger partial charge in [0.2, 0.25) is 0 Å². The molecule has 0 amide bonds. The zero-order chi connectivity index (χ0) is 19.3. The summed E-state index contributed by atoms with van der Waals surface area (Å²) in [4.78, 5) is 0. The van der Waals surface area contributed by atoms with Crippen LogP contribution >= 0.6 is 0 Å². The van der Waals surface area contributed by atoms with Crippen molar-refractivity contribution in [2.24, 2.45) is 45.8 Å². The van der Waals surface area contributed by atoms with Gasteiger partial charge in [0.1, 0.15) is 0 Å². The Bertz CT molecular complexity index is 515. The van der Waals surface area contributed by atoms with Crippen LogP contribution in [0.5, 0.6) is 0 Å². The van der Waals surface area contributed by atoms with Crippen molar-refractivity contribution in [2.75, 3.05) is 6.61 Å². The van der Waals surface area contributed by atoms with Crippen molar-refractivity contribution in [3.05, 3.63) is 12.2 Å². The number of allylic oxidation sites excluding steroid dienone is 2. The molecule has 1 heteroatoms. The van der Waals surface area contributed by atoms with Crippen LogP contribution in [-0.2, 0) is 4.74 Å². The van der Waals surface area contributed by atoms with Crippen LogP contribution in [0.1, 0.15) is 87.5 Å². The molecule has 3 aliphatic rings. The minimum absolute atomic E-state index is 0.214. The van der Waals surface area contributed by atoms with Crippen LogP contribution < -0.4 is 0 Å². The smallest absolute Gasteiger partial charge is 0.0628 e. The van der Waals surface area contributed by atoms with Gasteiger partial charge in [-0.1, -0.05) is 67.5 Å². The summed E-state index contributed by atoms with van der Waals surface area (Å²) in [5, 5.41) is 0. The van der Waals surface area contributed by atoms with Gasteiger partial charge in [-0.15, -0.1) is 0 Å². The second-order valence-electron chi connectivity index (χ2n) is 12.6. The number of fused-ring (bicyclic) bond motifs is 5. The van der Waals surface area contributed by atoms with Crippen LogP contribution in [0.15, 0.2) is 12.2 Å². The molecule has 26 heavy (non-hydrogen) atoms. The molecule has 0 saturated heterocycles. The van der Waals surface area contributed by atoms with Crippen LogP contribution in [0.3, 0.4) is 0 Å². The van der Waals surface area contributed by atoms with Crippen molar-refractivity contribution < 1.29 is 4.74 Å². The van der Waals surface area contributed by atoms with E-state index in [1.165, 1.54) is 25.7 Å². The minimum Gasteiger partial charge on any atom is -0.378 e. The Morgan fingerprint density at radius 2 is 1.65 bits per heavy atom. The van der Waals surface area contributed by atoms with Crippen molar-refractivity contribution in [3.8, 4) is 0 Å². The Morgan fingerprint density at radius 3 is 2.27 bits per heavy atom. The molecule has 0 N–H and O–H groups in total. The molecule has 3 aliphatic carbocycles. The number of rotatable bonds is 6. The molecule has 2 bridgehead atoms. The lowest BCUT2D eigenvalue weighted by atomic mass is 9.64. The fourth-order valence-electron chi connectivity index (χ4n) is 6.27. The predicted octanol–water partition coefficient (Wildman–Crippen LogP) is 7.12. The largest absolute Gasteiger partial charge is 0.378 e. The van der Waals surface area contributed by atoms with Gasteiger partial charge in [0.25, 0.3) is 0 Å². The maximum Gasteiger partial charge on any atom is 0.0628 e. The average Bonchev–Trinajstić information content (AvgIpc) is 3.16. The topological polar surface area (TPSA) is 9.23 Å². The molecular weight excluding hydrogens is 316 g/mol. The van der Waals surface area contributed by atoms with E-state index in [1.54, 1.807) is 0 Å². The average molecular weight is 361 g/mol. The van der Waals surface area contributed by atoms with E-state index in [-0.39, 0.29) is 5.41 Å². The highest BCUT2D eigenvalue weighted by Crippen LogP contribution is 2.63. The molecule has 0 aromatic carbocycles. The van der Waals surface area contributed by atoms with E-state index >= 15 is 0 Å². The molecule has 2 fully saturated rings. The number of ether oxygens (including phenoxy) is 1. The molecule has 0 spiro atoms. The molecule has 6 unspecified atom stereocenters. The first-order chi connectivity index (χ1) is 11.9. The van der Waals surface area contributed by atoms with Crippen LogP contribution in [0.4, 0.5) is 0 Å².